The predicted octanol–water partition coefficient (Wildman–Crippen LogP) is 12.4. The van der Waals surface area contributed by atoms with Gasteiger partial charge in [0, 0.05) is 19.4 Å². The highest BCUT2D eigenvalue weighted by Crippen LogP contribution is 2.42. The summed E-state index contributed by atoms with van der Waals surface area (Å²) < 4.78 is 26.8. The number of rotatable bonds is 43. The van der Waals surface area contributed by atoms with Gasteiger partial charge in [-0.05, 0) is 12.8 Å². The van der Waals surface area contributed by atoms with Crippen LogP contribution in [0.1, 0.15) is 232 Å². The maximum Gasteiger partial charge on any atom is 0.472 e. The molecule has 0 rings (SSSR count). The molecule has 0 radical (unpaired) electrons. The highest BCUT2D eigenvalue weighted by Gasteiger charge is 2.23. The second kappa shape index (κ2) is 40.7. The van der Waals surface area contributed by atoms with Gasteiger partial charge in [0.25, 0.3) is 0 Å². The van der Waals surface area contributed by atoms with E-state index in [1.54, 1.807) is 0 Å². The van der Waals surface area contributed by atoms with Crippen molar-refractivity contribution in [3.05, 3.63) is 0 Å². The maximum atomic E-state index is 12.1. The first kappa shape index (κ1) is 52.0. The molecule has 3 N–H and O–H groups in total. The molecule has 10 heteroatoms. The van der Waals surface area contributed by atoms with Crippen molar-refractivity contribution in [1.29, 1.82) is 0 Å². The van der Waals surface area contributed by atoms with Crippen LogP contribution in [-0.4, -0.2) is 54.3 Å². The van der Waals surface area contributed by atoms with Crippen molar-refractivity contribution in [3.63, 3.8) is 0 Å². The first-order chi connectivity index (χ1) is 25.8. The fourth-order valence-corrected chi connectivity index (χ4v) is 7.37. The van der Waals surface area contributed by atoms with E-state index in [1.165, 1.54) is 167 Å². The van der Waals surface area contributed by atoms with Crippen LogP contribution < -0.4 is 5.32 Å². The van der Waals surface area contributed by atoms with Gasteiger partial charge in [-0.15, -0.1) is 0 Å². The lowest BCUT2D eigenvalue weighted by Crippen LogP contribution is -2.27. The van der Waals surface area contributed by atoms with Crippen molar-refractivity contribution < 1.29 is 37.9 Å². The van der Waals surface area contributed by atoms with E-state index in [1.807, 2.05) is 0 Å². The van der Waals surface area contributed by atoms with E-state index in [9.17, 15) is 24.2 Å². The number of aliphatic hydroxyl groups is 1. The number of phosphoric ester groups is 1. The summed E-state index contributed by atoms with van der Waals surface area (Å²) in [5.74, 6) is -0.509. The zero-order valence-electron chi connectivity index (χ0n) is 34.7. The minimum atomic E-state index is -4.40. The third-order valence-corrected chi connectivity index (χ3v) is 11.0. The third-order valence-electron chi connectivity index (χ3n) is 10.0. The third kappa shape index (κ3) is 42.0. The molecule has 0 aromatic carbocycles. The normalized spacial score (nSPS) is 13.2. The minimum Gasteiger partial charge on any atom is -0.463 e. The fraction of sp³-hybridized carbons (Fsp3) is 0.953. The van der Waals surface area contributed by atoms with E-state index >= 15 is 0 Å². The van der Waals surface area contributed by atoms with E-state index in [2.05, 4.69) is 19.2 Å². The van der Waals surface area contributed by atoms with Crippen LogP contribution in [0.2, 0.25) is 0 Å². The van der Waals surface area contributed by atoms with Gasteiger partial charge in [0.15, 0.2) is 0 Å². The number of unbranched alkanes of at least 4 members (excludes halogenated alkanes) is 30. The van der Waals surface area contributed by atoms with Gasteiger partial charge in [-0.25, -0.2) is 4.57 Å². The van der Waals surface area contributed by atoms with Gasteiger partial charge >= 0.3 is 13.8 Å². The number of hydrogen-bond acceptors (Lipinski definition) is 7. The lowest BCUT2D eigenvalue weighted by Gasteiger charge is -2.15. The van der Waals surface area contributed by atoms with Crippen molar-refractivity contribution in [2.45, 2.75) is 238 Å². The Balaban J connectivity index is 3.46. The monoisotopic (exact) mass is 776 g/mol. The maximum absolute atomic E-state index is 12.1. The summed E-state index contributed by atoms with van der Waals surface area (Å²) in [5, 5.41) is 12.6. The highest BCUT2D eigenvalue weighted by molar-refractivity contribution is 7.47. The van der Waals surface area contributed by atoms with Gasteiger partial charge in [0.05, 0.1) is 13.2 Å². The van der Waals surface area contributed by atoms with Gasteiger partial charge in [0.1, 0.15) is 12.7 Å². The molecule has 0 fully saturated rings. The molecule has 0 aromatic heterocycles. The Kier molecular flexibility index (Phi) is 39.9. The highest BCUT2D eigenvalue weighted by atomic mass is 31.2. The summed E-state index contributed by atoms with van der Waals surface area (Å²) in [6.07, 6.45) is 40.7. The van der Waals surface area contributed by atoms with Crippen molar-refractivity contribution in [2.75, 3.05) is 26.4 Å². The molecular weight excluding hydrogens is 689 g/mol. The first-order valence-electron chi connectivity index (χ1n) is 22.5. The second-order valence-corrected chi connectivity index (χ2v) is 16.8. The Bertz CT molecular complexity index is 845. The minimum absolute atomic E-state index is 0.0883. The predicted molar refractivity (Wildman–Crippen MR) is 220 cm³/mol. The number of aliphatic hydroxyl groups excluding tert-OH is 1. The van der Waals surface area contributed by atoms with Crippen molar-refractivity contribution >= 4 is 19.7 Å². The summed E-state index contributed by atoms with van der Waals surface area (Å²) in [5.41, 5.74) is 0. The molecule has 9 nitrogen and oxygen atoms in total. The molecule has 0 aliphatic carbocycles. The molecule has 0 saturated heterocycles. The number of phosphoric acid groups is 1. The molecule has 0 aliphatic heterocycles. The van der Waals surface area contributed by atoms with Crippen molar-refractivity contribution in [2.24, 2.45) is 0 Å². The van der Waals surface area contributed by atoms with E-state index < -0.39 is 26.5 Å². The Hall–Kier alpha value is -0.990. The first-order valence-corrected chi connectivity index (χ1v) is 24.0. The van der Waals surface area contributed by atoms with Gasteiger partial charge < -0.3 is 20.1 Å². The number of esters is 1. The van der Waals surface area contributed by atoms with Crippen LogP contribution in [0.25, 0.3) is 0 Å². The Morgan fingerprint density at radius 2 is 0.849 bits per heavy atom. The molecule has 0 spiro atoms. The zero-order valence-corrected chi connectivity index (χ0v) is 35.6. The van der Waals surface area contributed by atoms with Crippen LogP contribution >= 0.6 is 7.82 Å². The molecule has 0 heterocycles. The molecule has 0 aromatic rings. The number of ether oxygens (including phenoxy) is 1. The molecule has 2 unspecified atom stereocenters. The number of hydrogen-bond donors (Lipinski definition) is 3. The van der Waals surface area contributed by atoms with Crippen LogP contribution in [0.15, 0.2) is 0 Å². The standard InChI is InChI=1S/C43H86NO8P/c1-3-5-7-9-11-13-14-15-16-17-18-19-20-21-22-23-24-25-26-27-28-29-31-33-35-42(46)44-37-38-51-53(48,49)52-40-41(45)39-50-43(47)36-34-32-30-12-10-8-6-4-2/h41,45H,3-40H2,1-2H3,(H,44,46)(H,48,49). The Morgan fingerprint density at radius 1 is 0.509 bits per heavy atom. The molecule has 53 heavy (non-hydrogen) atoms. The van der Waals surface area contributed by atoms with Crippen molar-refractivity contribution in [1.82, 2.24) is 5.32 Å². The Morgan fingerprint density at radius 3 is 1.23 bits per heavy atom. The number of carbonyl (C=O) groups is 2. The summed E-state index contributed by atoms with van der Waals surface area (Å²) in [4.78, 5) is 33.8. The van der Waals surface area contributed by atoms with E-state index in [0.29, 0.717) is 6.42 Å². The van der Waals surface area contributed by atoms with Crippen LogP contribution in [0.4, 0.5) is 0 Å². The van der Waals surface area contributed by atoms with Gasteiger partial charge in [-0.3, -0.25) is 18.6 Å². The van der Waals surface area contributed by atoms with Crippen LogP contribution in [-0.2, 0) is 27.9 Å². The van der Waals surface area contributed by atoms with Gasteiger partial charge in [0.2, 0.25) is 5.91 Å². The quantitative estimate of drug-likeness (QED) is 0.0317. The molecule has 316 valence electrons. The van der Waals surface area contributed by atoms with Crippen LogP contribution in [0, 0.1) is 0 Å². The summed E-state index contributed by atoms with van der Waals surface area (Å²) >= 11 is 0. The zero-order chi connectivity index (χ0) is 38.9. The van der Waals surface area contributed by atoms with Gasteiger partial charge in [-0.1, -0.05) is 206 Å². The smallest absolute Gasteiger partial charge is 0.463 e. The molecule has 0 aliphatic rings. The molecule has 0 bridgehead atoms. The average molecular weight is 776 g/mol. The topological polar surface area (TPSA) is 131 Å². The van der Waals surface area contributed by atoms with E-state index in [4.69, 9.17) is 13.8 Å². The molecular formula is C43H86NO8P. The number of nitrogens with one attached hydrogen (secondary N) is 1. The summed E-state index contributed by atoms with van der Waals surface area (Å²) in [6.45, 7) is 3.55. The van der Waals surface area contributed by atoms with E-state index in [0.717, 1.165) is 38.5 Å². The van der Waals surface area contributed by atoms with Crippen LogP contribution in [0.3, 0.4) is 0 Å². The van der Waals surface area contributed by atoms with Crippen molar-refractivity contribution in [3.8, 4) is 0 Å². The lowest BCUT2D eigenvalue weighted by molar-refractivity contribution is -0.147. The largest absolute Gasteiger partial charge is 0.472 e. The Labute approximate surface area is 326 Å². The van der Waals surface area contributed by atoms with E-state index in [-0.39, 0.29) is 32.1 Å². The molecule has 0 saturated carbocycles. The second-order valence-electron chi connectivity index (χ2n) is 15.4. The summed E-state index contributed by atoms with van der Waals surface area (Å²) in [6, 6.07) is 0. The van der Waals surface area contributed by atoms with Crippen LogP contribution in [0.5, 0.6) is 0 Å². The lowest BCUT2D eigenvalue weighted by atomic mass is 10.0. The summed E-state index contributed by atoms with van der Waals surface area (Å²) in [7, 11) is -4.40. The fourth-order valence-electron chi connectivity index (χ4n) is 6.62. The SMILES string of the molecule is CCCCCCCCCCCCCCCCCCCCCCCCCCC(=O)NCCOP(=O)(O)OCC(O)COC(=O)CCCCCCCCCC. The molecule has 2 atom stereocenters. The number of amides is 1. The number of carbonyl (C=O) groups excluding carboxylic acids is 2. The average Bonchev–Trinajstić information content (AvgIpc) is 3.14. The molecule has 1 amide bonds. The van der Waals surface area contributed by atoms with Gasteiger partial charge in [-0.2, -0.15) is 0 Å².